The van der Waals surface area contributed by atoms with Crippen LogP contribution in [0.2, 0.25) is 0 Å². The minimum absolute atomic E-state index is 0.0122. The van der Waals surface area contributed by atoms with Crippen LogP contribution in [0.5, 0.6) is 5.75 Å². The van der Waals surface area contributed by atoms with Gasteiger partial charge in [-0.1, -0.05) is 6.92 Å². The Morgan fingerprint density at radius 1 is 1.08 bits per heavy atom. The Morgan fingerprint density at radius 3 is 2.29 bits per heavy atom. The van der Waals surface area contributed by atoms with Gasteiger partial charge < -0.3 is 9.84 Å². The van der Waals surface area contributed by atoms with Gasteiger partial charge in [0.25, 0.3) is 0 Å². The zero-order chi connectivity index (χ0) is 17.6. The van der Waals surface area contributed by atoms with Gasteiger partial charge in [-0.15, -0.1) is 0 Å². The topological polar surface area (TPSA) is 63.6 Å². The average molecular weight is 328 g/mol. The molecule has 0 aromatic heterocycles. The van der Waals surface area contributed by atoms with Crippen LogP contribution in [0, 0.1) is 20.8 Å². The van der Waals surface area contributed by atoms with Gasteiger partial charge in [0.05, 0.1) is 12.2 Å². The highest BCUT2D eigenvalue weighted by Gasteiger charge is 2.36. The van der Waals surface area contributed by atoms with Gasteiger partial charge in [-0.05, 0) is 48.9 Å². The second-order valence-corrected chi connectivity index (χ2v) is 6.82. The van der Waals surface area contributed by atoms with Crippen molar-refractivity contribution in [3.05, 3.63) is 39.1 Å². The molecule has 0 spiro atoms. The van der Waals surface area contributed by atoms with E-state index >= 15 is 0 Å². The molecule has 0 atom stereocenters. The molecular formula is C20H24O4. The second kappa shape index (κ2) is 6.08. The molecule has 24 heavy (non-hydrogen) atoms. The molecule has 4 heteroatoms. The van der Waals surface area contributed by atoms with E-state index in [4.69, 9.17) is 4.74 Å². The first-order valence-corrected chi connectivity index (χ1v) is 8.60. The Balaban J connectivity index is 2.05. The summed E-state index contributed by atoms with van der Waals surface area (Å²) in [7, 11) is 0. The number of aliphatic hydroxyl groups excluding tert-OH is 1. The minimum atomic E-state index is -0.242. The number of carbonyl (C=O) groups is 2. The number of Topliss-reactive ketones (excluding diaryl/α,β-unsaturated/α-hetero) is 2. The highest BCUT2D eigenvalue weighted by molar-refractivity contribution is 6.22. The van der Waals surface area contributed by atoms with Gasteiger partial charge in [-0.2, -0.15) is 0 Å². The third-order valence-electron chi connectivity index (χ3n) is 5.49. The van der Waals surface area contributed by atoms with Gasteiger partial charge in [0, 0.05) is 31.2 Å². The number of benzene rings is 1. The first-order valence-electron chi connectivity index (χ1n) is 8.60. The molecule has 128 valence electrons. The summed E-state index contributed by atoms with van der Waals surface area (Å²) in [4.78, 5) is 24.9. The van der Waals surface area contributed by atoms with E-state index in [9.17, 15) is 14.7 Å². The van der Waals surface area contributed by atoms with Gasteiger partial charge in [-0.3, -0.25) is 9.59 Å². The van der Waals surface area contributed by atoms with Gasteiger partial charge in [0.1, 0.15) is 11.5 Å². The number of hydrogen-bond donors (Lipinski definition) is 1. The lowest BCUT2D eigenvalue weighted by Crippen LogP contribution is -2.27. The third kappa shape index (κ3) is 2.45. The Kier molecular flexibility index (Phi) is 4.24. The smallest absolute Gasteiger partial charge is 0.170 e. The van der Waals surface area contributed by atoms with Crippen LogP contribution in [0.15, 0.2) is 11.3 Å². The maximum Gasteiger partial charge on any atom is 0.170 e. The van der Waals surface area contributed by atoms with E-state index in [1.54, 1.807) is 6.92 Å². The molecule has 1 aromatic carbocycles. The van der Waals surface area contributed by atoms with Crippen LogP contribution < -0.4 is 4.74 Å². The van der Waals surface area contributed by atoms with E-state index in [1.807, 2.05) is 6.92 Å². The fourth-order valence-electron chi connectivity index (χ4n) is 4.17. The van der Waals surface area contributed by atoms with Crippen LogP contribution in [0.4, 0.5) is 0 Å². The maximum absolute atomic E-state index is 12.5. The van der Waals surface area contributed by atoms with Gasteiger partial charge >= 0.3 is 0 Å². The van der Waals surface area contributed by atoms with Crippen LogP contribution in [0.1, 0.15) is 59.9 Å². The number of carbonyl (C=O) groups excluding carboxylic acids is 2. The molecule has 1 fully saturated rings. The predicted molar refractivity (Wildman–Crippen MR) is 91.8 cm³/mol. The van der Waals surface area contributed by atoms with Crippen LogP contribution in [0.3, 0.4) is 0 Å². The van der Waals surface area contributed by atoms with Crippen molar-refractivity contribution in [3.8, 4) is 5.75 Å². The summed E-state index contributed by atoms with van der Waals surface area (Å²) in [6.45, 7) is 8.62. The Morgan fingerprint density at radius 2 is 1.71 bits per heavy atom. The Hall–Kier alpha value is -2.10. The highest BCUT2D eigenvalue weighted by atomic mass is 16.5. The average Bonchev–Trinajstić information content (AvgIpc) is 3.02. The summed E-state index contributed by atoms with van der Waals surface area (Å²) in [6, 6.07) is 0. The maximum atomic E-state index is 12.5. The molecule has 0 amide bonds. The highest BCUT2D eigenvalue weighted by Crippen LogP contribution is 2.43. The standard InChI is InChI=1S/C20H24O4/c1-5-15(21)19-16(22)8-13(9-17(19)23)18-11(3)10(2)14-6-7-24-20(14)12(18)4/h13,21H,5-9H2,1-4H3. The van der Waals surface area contributed by atoms with Gasteiger partial charge in [0.2, 0.25) is 0 Å². The van der Waals surface area contributed by atoms with Crippen molar-refractivity contribution in [2.45, 2.75) is 59.3 Å². The summed E-state index contributed by atoms with van der Waals surface area (Å²) in [5.41, 5.74) is 5.77. The number of ketones is 2. The van der Waals surface area contributed by atoms with Gasteiger partial charge in [-0.25, -0.2) is 0 Å². The summed E-state index contributed by atoms with van der Waals surface area (Å²) in [5.74, 6) is 0.240. The lowest BCUT2D eigenvalue weighted by molar-refractivity contribution is -0.124. The number of fused-ring (bicyclic) bond motifs is 1. The number of ether oxygens (including phenoxy) is 1. The monoisotopic (exact) mass is 328 g/mol. The van der Waals surface area contributed by atoms with Crippen LogP contribution in [-0.4, -0.2) is 23.3 Å². The lowest BCUT2D eigenvalue weighted by Gasteiger charge is -2.27. The molecule has 1 aromatic rings. The molecule has 2 aliphatic rings. The second-order valence-electron chi connectivity index (χ2n) is 6.82. The number of hydrogen-bond acceptors (Lipinski definition) is 4. The van der Waals surface area contributed by atoms with E-state index in [0.717, 1.165) is 28.9 Å². The summed E-state index contributed by atoms with van der Waals surface area (Å²) >= 11 is 0. The van der Waals surface area contributed by atoms with Crippen molar-refractivity contribution in [2.75, 3.05) is 6.61 Å². The quantitative estimate of drug-likeness (QED) is 0.510. The van der Waals surface area contributed by atoms with Crippen LogP contribution >= 0.6 is 0 Å². The van der Waals surface area contributed by atoms with Gasteiger partial charge in [0.15, 0.2) is 11.6 Å². The molecule has 4 nitrogen and oxygen atoms in total. The zero-order valence-corrected chi connectivity index (χ0v) is 14.8. The first-order chi connectivity index (χ1) is 11.4. The third-order valence-corrected chi connectivity index (χ3v) is 5.49. The van der Waals surface area contributed by atoms with E-state index in [-0.39, 0.29) is 41.7 Å². The Bertz CT molecular complexity index is 751. The van der Waals surface area contributed by atoms with E-state index in [0.29, 0.717) is 13.0 Å². The van der Waals surface area contributed by atoms with Crippen LogP contribution in [-0.2, 0) is 16.0 Å². The van der Waals surface area contributed by atoms with Crippen LogP contribution in [0.25, 0.3) is 0 Å². The molecule has 0 radical (unpaired) electrons. The first kappa shape index (κ1) is 16.7. The van der Waals surface area contributed by atoms with E-state index in [2.05, 4.69) is 13.8 Å². The Labute approximate surface area is 142 Å². The molecule has 1 heterocycles. The van der Waals surface area contributed by atoms with E-state index < -0.39 is 0 Å². The fourth-order valence-corrected chi connectivity index (χ4v) is 4.17. The SMILES string of the molecule is CCC(O)=C1C(=O)CC(c2c(C)c(C)c3c(c2C)OCC3)CC1=O. The van der Waals surface area contributed by atoms with Crippen molar-refractivity contribution in [1.82, 2.24) is 0 Å². The lowest BCUT2D eigenvalue weighted by atomic mass is 9.75. The summed E-state index contributed by atoms with van der Waals surface area (Å²) < 4.78 is 5.81. The molecule has 1 saturated carbocycles. The largest absolute Gasteiger partial charge is 0.511 e. The van der Waals surface area contributed by atoms with Crippen molar-refractivity contribution in [1.29, 1.82) is 0 Å². The normalized spacial score (nSPS) is 20.2. The van der Waals surface area contributed by atoms with E-state index in [1.165, 1.54) is 11.1 Å². The predicted octanol–water partition coefficient (Wildman–Crippen LogP) is 3.78. The molecule has 1 aliphatic heterocycles. The van der Waals surface area contributed by atoms with Crippen molar-refractivity contribution in [2.24, 2.45) is 0 Å². The minimum Gasteiger partial charge on any atom is -0.511 e. The summed E-state index contributed by atoms with van der Waals surface area (Å²) in [5, 5.41) is 9.88. The van der Waals surface area contributed by atoms with Crippen molar-refractivity contribution in [3.63, 3.8) is 0 Å². The summed E-state index contributed by atoms with van der Waals surface area (Å²) in [6.07, 6.45) is 1.76. The number of rotatable bonds is 2. The molecule has 0 bridgehead atoms. The zero-order valence-electron chi connectivity index (χ0n) is 14.8. The molecule has 1 N–H and O–H groups in total. The molecule has 3 rings (SSSR count). The molecular weight excluding hydrogens is 304 g/mol. The number of allylic oxidation sites excluding steroid dienone is 2. The fraction of sp³-hybridized carbons (Fsp3) is 0.500. The van der Waals surface area contributed by atoms with Crippen molar-refractivity contribution < 1.29 is 19.4 Å². The molecule has 1 aliphatic carbocycles. The molecule has 0 saturated heterocycles. The van der Waals surface area contributed by atoms with Crippen molar-refractivity contribution >= 4 is 11.6 Å². The molecule has 0 unspecified atom stereocenters. The number of aliphatic hydroxyl groups is 1.